The van der Waals surface area contributed by atoms with Crippen molar-refractivity contribution in [3.8, 4) is 0 Å². The average Bonchev–Trinajstić information content (AvgIpc) is 2.46. The number of halogens is 1. The van der Waals surface area contributed by atoms with E-state index in [-0.39, 0.29) is 6.54 Å². The second-order valence-corrected chi connectivity index (χ2v) is 4.86. The highest BCUT2D eigenvalue weighted by molar-refractivity contribution is 6.31. The topological polar surface area (TPSA) is 54.9 Å². The number of hydrogen-bond acceptors (Lipinski definition) is 2. The summed E-state index contributed by atoms with van der Waals surface area (Å²) in [7, 11) is 0. The minimum Gasteiger partial charge on any atom is -0.316 e. The number of fused-ring (bicyclic) bond motifs is 1. The van der Waals surface area contributed by atoms with Gasteiger partial charge in [-0.05, 0) is 23.8 Å². The number of aromatic amines is 1. The molecule has 3 rings (SSSR count). The van der Waals surface area contributed by atoms with E-state index >= 15 is 0 Å². The fourth-order valence-electron chi connectivity index (χ4n) is 2.18. The molecule has 0 radical (unpaired) electrons. The van der Waals surface area contributed by atoms with Gasteiger partial charge in [-0.3, -0.25) is 14.2 Å². The monoisotopic (exact) mass is 286 g/mol. The van der Waals surface area contributed by atoms with Gasteiger partial charge in [0.25, 0.3) is 0 Å². The van der Waals surface area contributed by atoms with Crippen LogP contribution in [0.4, 0.5) is 0 Å². The summed E-state index contributed by atoms with van der Waals surface area (Å²) in [6, 6.07) is 14.5. The standard InChI is InChI=1S/C15H11ClN2O2/c16-11-6-2-1-5-10(11)9-18-13-8-4-3-7-12(13)17-14(19)15(18)20/h1-8H,9H2,(H,17,19). The first-order valence-electron chi connectivity index (χ1n) is 6.12. The summed E-state index contributed by atoms with van der Waals surface area (Å²) in [6.07, 6.45) is 0. The first-order valence-corrected chi connectivity index (χ1v) is 6.50. The smallest absolute Gasteiger partial charge is 0.316 e. The van der Waals surface area contributed by atoms with E-state index in [1.54, 1.807) is 18.2 Å². The molecule has 0 spiro atoms. The van der Waals surface area contributed by atoms with Crippen molar-refractivity contribution < 1.29 is 0 Å². The molecule has 4 nitrogen and oxygen atoms in total. The molecule has 2 aromatic carbocycles. The van der Waals surface area contributed by atoms with Gasteiger partial charge in [-0.25, -0.2) is 0 Å². The minimum absolute atomic E-state index is 0.267. The second kappa shape index (κ2) is 4.98. The van der Waals surface area contributed by atoms with Crippen LogP contribution in [0, 0.1) is 0 Å². The normalized spacial score (nSPS) is 10.8. The van der Waals surface area contributed by atoms with Crippen molar-refractivity contribution in [3.05, 3.63) is 79.8 Å². The van der Waals surface area contributed by atoms with Crippen LogP contribution in [0.25, 0.3) is 11.0 Å². The van der Waals surface area contributed by atoms with E-state index in [2.05, 4.69) is 4.98 Å². The van der Waals surface area contributed by atoms with E-state index < -0.39 is 11.1 Å². The Balaban J connectivity index is 2.26. The Morgan fingerprint density at radius 3 is 2.50 bits per heavy atom. The molecule has 3 aromatic rings. The van der Waals surface area contributed by atoms with Crippen LogP contribution in [0.2, 0.25) is 5.02 Å². The number of nitrogens with one attached hydrogen (secondary N) is 1. The fraction of sp³-hybridized carbons (Fsp3) is 0.0667. The summed E-state index contributed by atoms with van der Waals surface area (Å²) in [4.78, 5) is 26.4. The number of aromatic nitrogens is 2. The van der Waals surface area contributed by atoms with Gasteiger partial charge in [0.2, 0.25) is 0 Å². The third-order valence-electron chi connectivity index (χ3n) is 3.17. The third-order valence-corrected chi connectivity index (χ3v) is 3.54. The van der Waals surface area contributed by atoms with Gasteiger partial charge < -0.3 is 4.98 Å². The van der Waals surface area contributed by atoms with Gasteiger partial charge in [0.15, 0.2) is 0 Å². The van der Waals surface area contributed by atoms with Gasteiger partial charge in [0.05, 0.1) is 17.6 Å². The molecule has 1 heterocycles. The maximum Gasteiger partial charge on any atom is 0.317 e. The first kappa shape index (κ1) is 12.7. The van der Waals surface area contributed by atoms with Crippen LogP contribution in [0.3, 0.4) is 0 Å². The van der Waals surface area contributed by atoms with Gasteiger partial charge in [0, 0.05) is 5.02 Å². The Hall–Kier alpha value is -2.33. The van der Waals surface area contributed by atoms with E-state index in [0.29, 0.717) is 16.1 Å². The number of para-hydroxylation sites is 2. The molecule has 0 atom stereocenters. The van der Waals surface area contributed by atoms with Crippen LogP contribution in [0.5, 0.6) is 0 Å². The van der Waals surface area contributed by atoms with Crippen molar-refractivity contribution in [2.45, 2.75) is 6.54 Å². The number of benzene rings is 2. The van der Waals surface area contributed by atoms with Crippen molar-refractivity contribution in [3.63, 3.8) is 0 Å². The summed E-state index contributed by atoms with van der Waals surface area (Å²) in [5.74, 6) is 0. The molecule has 0 aliphatic rings. The molecule has 0 saturated heterocycles. The number of nitrogens with zero attached hydrogens (tertiary/aromatic N) is 1. The summed E-state index contributed by atoms with van der Waals surface area (Å²) >= 11 is 6.12. The molecule has 100 valence electrons. The Kier molecular flexibility index (Phi) is 3.16. The molecule has 20 heavy (non-hydrogen) atoms. The van der Waals surface area contributed by atoms with Crippen LogP contribution < -0.4 is 11.1 Å². The molecule has 5 heteroatoms. The summed E-state index contributed by atoms with van der Waals surface area (Å²) in [5, 5.41) is 0.573. The fourth-order valence-corrected chi connectivity index (χ4v) is 2.37. The molecule has 1 N–H and O–H groups in total. The second-order valence-electron chi connectivity index (χ2n) is 4.45. The van der Waals surface area contributed by atoms with Crippen LogP contribution in [0.15, 0.2) is 58.1 Å². The number of H-pyrrole nitrogens is 1. The van der Waals surface area contributed by atoms with Crippen molar-refractivity contribution in [2.24, 2.45) is 0 Å². The van der Waals surface area contributed by atoms with Crippen LogP contribution in [-0.4, -0.2) is 9.55 Å². The highest BCUT2D eigenvalue weighted by Gasteiger charge is 2.09. The van der Waals surface area contributed by atoms with E-state index in [4.69, 9.17) is 11.6 Å². The van der Waals surface area contributed by atoms with E-state index in [0.717, 1.165) is 5.56 Å². The molecule has 0 bridgehead atoms. The van der Waals surface area contributed by atoms with Crippen molar-refractivity contribution >= 4 is 22.6 Å². The summed E-state index contributed by atoms with van der Waals surface area (Å²) in [5.41, 5.74) is 0.896. The molecule has 1 aromatic heterocycles. The molecular formula is C15H11ClN2O2. The zero-order chi connectivity index (χ0) is 14.1. The quantitative estimate of drug-likeness (QED) is 0.736. The summed E-state index contributed by atoms with van der Waals surface area (Å²) < 4.78 is 1.44. The average molecular weight is 287 g/mol. The molecule has 0 amide bonds. The molecule has 0 aliphatic heterocycles. The molecule has 0 fully saturated rings. The largest absolute Gasteiger partial charge is 0.317 e. The Morgan fingerprint density at radius 1 is 1.00 bits per heavy atom. The Morgan fingerprint density at radius 2 is 1.70 bits per heavy atom. The maximum absolute atomic E-state index is 12.1. The zero-order valence-electron chi connectivity index (χ0n) is 10.5. The Labute approximate surface area is 119 Å². The predicted octanol–water partition coefficient (Wildman–Crippen LogP) is 2.39. The highest BCUT2D eigenvalue weighted by Crippen LogP contribution is 2.17. The first-order chi connectivity index (χ1) is 9.66. The third kappa shape index (κ3) is 2.14. The lowest BCUT2D eigenvalue weighted by molar-refractivity contribution is 0.776. The lowest BCUT2D eigenvalue weighted by Gasteiger charge is -2.10. The molecule has 0 saturated carbocycles. The van der Waals surface area contributed by atoms with Gasteiger partial charge in [-0.15, -0.1) is 0 Å². The molecule has 0 unspecified atom stereocenters. The highest BCUT2D eigenvalue weighted by atomic mass is 35.5. The number of rotatable bonds is 2. The predicted molar refractivity (Wildman–Crippen MR) is 79.4 cm³/mol. The van der Waals surface area contributed by atoms with Crippen molar-refractivity contribution in [1.82, 2.24) is 9.55 Å². The van der Waals surface area contributed by atoms with E-state index in [9.17, 15) is 9.59 Å². The van der Waals surface area contributed by atoms with Crippen LogP contribution >= 0.6 is 11.6 Å². The van der Waals surface area contributed by atoms with Crippen molar-refractivity contribution in [2.75, 3.05) is 0 Å². The van der Waals surface area contributed by atoms with Crippen LogP contribution in [-0.2, 0) is 6.54 Å². The van der Waals surface area contributed by atoms with E-state index in [1.165, 1.54) is 4.57 Å². The molecule has 0 aliphatic carbocycles. The van der Waals surface area contributed by atoms with Crippen molar-refractivity contribution in [1.29, 1.82) is 0 Å². The van der Waals surface area contributed by atoms with Gasteiger partial charge in [-0.1, -0.05) is 41.9 Å². The van der Waals surface area contributed by atoms with Crippen LogP contribution in [0.1, 0.15) is 5.56 Å². The zero-order valence-corrected chi connectivity index (χ0v) is 11.2. The van der Waals surface area contributed by atoms with E-state index in [1.807, 2.05) is 30.3 Å². The van der Waals surface area contributed by atoms with Gasteiger partial charge in [0.1, 0.15) is 0 Å². The van der Waals surface area contributed by atoms with Gasteiger partial charge in [-0.2, -0.15) is 0 Å². The SMILES string of the molecule is O=c1[nH]c2ccccc2n(Cc2ccccc2Cl)c1=O. The minimum atomic E-state index is -0.629. The Bertz CT molecular complexity index is 896. The lowest BCUT2D eigenvalue weighted by atomic mass is 10.2. The number of hydrogen-bond donors (Lipinski definition) is 1. The summed E-state index contributed by atoms with van der Waals surface area (Å²) in [6.45, 7) is 0.267. The maximum atomic E-state index is 12.1. The molecular weight excluding hydrogens is 276 g/mol. The van der Waals surface area contributed by atoms with Gasteiger partial charge >= 0.3 is 11.1 Å². The lowest BCUT2D eigenvalue weighted by Crippen LogP contribution is -2.36.